The Morgan fingerprint density at radius 2 is 1.91 bits per heavy atom. The van der Waals surface area contributed by atoms with Gasteiger partial charge < -0.3 is 9.64 Å². The molecule has 1 aromatic rings. The number of carbonyl (C=O) groups excluding carboxylic acids is 1. The van der Waals surface area contributed by atoms with Crippen molar-refractivity contribution in [3.63, 3.8) is 0 Å². The van der Waals surface area contributed by atoms with Gasteiger partial charge in [-0.1, -0.05) is 6.07 Å². The van der Waals surface area contributed by atoms with Gasteiger partial charge in [0.15, 0.2) is 0 Å². The van der Waals surface area contributed by atoms with Crippen LogP contribution in [0.15, 0.2) is 24.4 Å². The van der Waals surface area contributed by atoms with Gasteiger partial charge in [0.1, 0.15) is 5.60 Å². The van der Waals surface area contributed by atoms with Gasteiger partial charge >= 0.3 is 6.09 Å². The highest BCUT2D eigenvalue weighted by molar-refractivity contribution is 5.68. The lowest BCUT2D eigenvalue weighted by atomic mass is 10.1. The molecule has 1 aliphatic heterocycles. The SMILES string of the molecule is CC(C)(C)OC(=O)N1CCN(CCCCc2ccccn2)CC1. The molecule has 0 radical (unpaired) electrons. The first kappa shape index (κ1) is 17.7. The third kappa shape index (κ3) is 6.57. The molecule has 1 fully saturated rings. The van der Waals surface area contributed by atoms with E-state index in [9.17, 15) is 4.79 Å². The fourth-order valence-electron chi connectivity index (χ4n) is 2.67. The first-order valence-corrected chi connectivity index (χ1v) is 8.54. The Kier molecular flexibility index (Phi) is 6.39. The van der Waals surface area contributed by atoms with Crippen molar-refractivity contribution < 1.29 is 9.53 Å². The average molecular weight is 319 g/mol. The second-order valence-electron chi connectivity index (χ2n) is 7.09. The van der Waals surface area contributed by atoms with Crippen LogP contribution in [0.1, 0.15) is 39.3 Å². The van der Waals surface area contributed by atoms with E-state index in [2.05, 4.69) is 16.0 Å². The number of unbranched alkanes of at least 4 members (excludes halogenated alkanes) is 1. The zero-order chi connectivity index (χ0) is 16.7. The molecule has 0 aliphatic carbocycles. The van der Waals surface area contributed by atoms with Crippen molar-refractivity contribution in [3.05, 3.63) is 30.1 Å². The molecule has 1 saturated heterocycles. The smallest absolute Gasteiger partial charge is 0.410 e. The van der Waals surface area contributed by atoms with Gasteiger partial charge in [-0.25, -0.2) is 4.79 Å². The van der Waals surface area contributed by atoms with Crippen molar-refractivity contribution in [3.8, 4) is 0 Å². The molecule has 0 bridgehead atoms. The number of ether oxygens (including phenoxy) is 1. The topological polar surface area (TPSA) is 45.7 Å². The first-order chi connectivity index (χ1) is 10.9. The minimum atomic E-state index is -0.417. The third-order valence-corrected chi connectivity index (χ3v) is 3.91. The van der Waals surface area contributed by atoms with E-state index in [-0.39, 0.29) is 6.09 Å². The van der Waals surface area contributed by atoms with Crippen LogP contribution in [0, 0.1) is 0 Å². The number of rotatable bonds is 5. The Morgan fingerprint density at radius 3 is 2.52 bits per heavy atom. The van der Waals surface area contributed by atoms with Crippen LogP contribution >= 0.6 is 0 Å². The zero-order valence-corrected chi connectivity index (χ0v) is 14.6. The maximum absolute atomic E-state index is 12.0. The number of carbonyl (C=O) groups is 1. The lowest BCUT2D eigenvalue weighted by Crippen LogP contribution is -2.50. The van der Waals surface area contributed by atoms with E-state index in [1.807, 2.05) is 44.0 Å². The van der Waals surface area contributed by atoms with Gasteiger partial charge in [-0.15, -0.1) is 0 Å². The molecule has 0 spiro atoms. The van der Waals surface area contributed by atoms with E-state index >= 15 is 0 Å². The predicted octanol–water partition coefficient (Wildman–Crippen LogP) is 2.96. The second-order valence-corrected chi connectivity index (χ2v) is 7.09. The van der Waals surface area contributed by atoms with Gasteiger partial charge in [-0.05, 0) is 58.7 Å². The van der Waals surface area contributed by atoms with Gasteiger partial charge in [-0.3, -0.25) is 9.88 Å². The van der Waals surface area contributed by atoms with E-state index in [1.54, 1.807) is 0 Å². The maximum atomic E-state index is 12.0. The van der Waals surface area contributed by atoms with E-state index in [0.717, 1.165) is 45.6 Å². The highest BCUT2D eigenvalue weighted by Crippen LogP contribution is 2.12. The molecule has 0 aromatic carbocycles. The summed E-state index contributed by atoms with van der Waals surface area (Å²) >= 11 is 0. The summed E-state index contributed by atoms with van der Waals surface area (Å²) in [4.78, 5) is 20.6. The van der Waals surface area contributed by atoms with Crippen LogP contribution in [-0.4, -0.2) is 59.2 Å². The molecule has 23 heavy (non-hydrogen) atoms. The fourth-order valence-corrected chi connectivity index (χ4v) is 2.67. The normalized spacial score (nSPS) is 16.4. The Morgan fingerprint density at radius 1 is 1.17 bits per heavy atom. The summed E-state index contributed by atoms with van der Waals surface area (Å²) in [6.45, 7) is 10.2. The van der Waals surface area contributed by atoms with E-state index in [0.29, 0.717) is 0 Å². The number of pyridine rings is 1. The highest BCUT2D eigenvalue weighted by Gasteiger charge is 2.25. The van der Waals surface area contributed by atoms with Crippen LogP contribution in [0.25, 0.3) is 0 Å². The summed E-state index contributed by atoms with van der Waals surface area (Å²) in [6.07, 6.45) is 5.03. The van der Waals surface area contributed by atoms with Crippen molar-refractivity contribution in [2.45, 2.75) is 45.6 Å². The number of nitrogens with zero attached hydrogens (tertiary/aromatic N) is 3. The van der Waals surface area contributed by atoms with Crippen molar-refractivity contribution in [2.24, 2.45) is 0 Å². The molecule has 1 aliphatic rings. The molecule has 2 rings (SSSR count). The standard InChI is InChI=1S/C18H29N3O2/c1-18(2,3)23-17(22)21-14-12-20(13-15-21)11-7-5-9-16-8-4-6-10-19-16/h4,6,8,10H,5,7,9,11-15H2,1-3H3. The summed E-state index contributed by atoms with van der Waals surface area (Å²) in [5.41, 5.74) is 0.752. The Labute approximate surface area is 139 Å². The summed E-state index contributed by atoms with van der Waals surface area (Å²) in [5.74, 6) is 0. The number of piperazine rings is 1. The van der Waals surface area contributed by atoms with Crippen molar-refractivity contribution in [2.75, 3.05) is 32.7 Å². The molecule has 128 valence electrons. The summed E-state index contributed by atoms with van der Waals surface area (Å²) in [5, 5.41) is 0. The maximum Gasteiger partial charge on any atom is 0.410 e. The van der Waals surface area contributed by atoms with Gasteiger partial charge in [0.05, 0.1) is 0 Å². The van der Waals surface area contributed by atoms with Crippen molar-refractivity contribution in [1.82, 2.24) is 14.8 Å². The molecule has 5 heteroatoms. The molecule has 0 saturated carbocycles. The molecule has 0 N–H and O–H groups in total. The molecule has 5 nitrogen and oxygen atoms in total. The Bertz CT molecular complexity index is 477. The quantitative estimate of drug-likeness (QED) is 0.783. The molecular weight excluding hydrogens is 290 g/mol. The average Bonchev–Trinajstić information content (AvgIpc) is 2.51. The third-order valence-electron chi connectivity index (χ3n) is 3.91. The highest BCUT2D eigenvalue weighted by atomic mass is 16.6. The molecule has 1 aromatic heterocycles. The lowest BCUT2D eigenvalue weighted by molar-refractivity contribution is 0.0144. The number of aromatic nitrogens is 1. The monoisotopic (exact) mass is 319 g/mol. The van der Waals surface area contributed by atoms with E-state index in [4.69, 9.17) is 4.74 Å². The van der Waals surface area contributed by atoms with Gasteiger partial charge in [0.2, 0.25) is 0 Å². The van der Waals surface area contributed by atoms with Gasteiger partial charge in [0.25, 0.3) is 0 Å². The number of hydrogen-bond donors (Lipinski definition) is 0. The minimum Gasteiger partial charge on any atom is -0.444 e. The van der Waals surface area contributed by atoms with E-state index in [1.165, 1.54) is 12.1 Å². The lowest BCUT2D eigenvalue weighted by Gasteiger charge is -2.35. The van der Waals surface area contributed by atoms with Crippen molar-refractivity contribution >= 4 is 6.09 Å². The summed E-state index contributed by atoms with van der Waals surface area (Å²) in [7, 11) is 0. The van der Waals surface area contributed by atoms with Crippen LogP contribution in [0.5, 0.6) is 0 Å². The van der Waals surface area contributed by atoms with Crippen LogP contribution < -0.4 is 0 Å². The molecule has 0 unspecified atom stereocenters. The van der Waals surface area contributed by atoms with Crippen LogP contribution in [0.2, 0.25) is 0 Å². The van der Waals surface area contributed by atoms with Crippen LogP contribution in [0.3, 0.4) is 0 Å². The summed E-state index contributed by atoms with van der Waals surface area (Å²) in [6, 6.07) is 6.07. The zero-order valence-electron chi connectivity index (χ0n) is 14.6. The molecular formula is C18H29N3O2. The molecule has 2 heterocycles. The Hall–Kier alpha value is -1.62. The van der Waals surface area contributed by atoms with Gasteiger partial charge in [0, 0.05) is 38.1 Å². The molecule has 0 atom stereocenters. The van der Waals surface area contributed by atoms with E-state index < -0.39 is 5.60 Å². The van der Waals surface area contributed by atoms with Crippen LogP contribution in [0.4, 0.5) is 4.79 Å². The number of aryl methyl sites for hydroxylation is 1. The summed E-state index contributed by atoms with van der Waals surface area (Å²) < 4.78 is 5.42. The number of amides is 1. The minimum absolute atomic E-state index is 0.188. The predicted molar refractivity (Wildman–Crippen MR) is 91.4 cm³/mol. The second kappa shape index (κ2) is 8.29. The van der Waals surface area contributed by atoms with Crippen molar-refractivity contribution in [1.29, 1.82) is 0 Å². The largest absolute Gasteiger partial charge is 0.444 e. The first-order valence-electron chi connectivity index (χ1n) is 8.54. The van der Waals surface area contributed by atoms with Crippen LogP contribution in [-0.2, 0) is 11.2 Å². The number of hydrogen-bond acceptors (Lipinski definition) is 4. The van der Waals surface area contributed by atoms with Gasteiger partial charge in [-0.2, -0.15) is 0 Å². The molecule has 1 amide bonds. The Balaban J connectivity index is 1.60. The fraction of sp³-hybridized carbons (Fsp3) is 0.667.